The molecule has 0 atom stereocenters. The van der Waals surface area contributed by atoms with Gasteiger partial charge in [0.1, 0.15) is 16.4 Å². The molecule has 3 aromatic rings. The fraction of sp³-hybridized carbons (Fsp3) is 0.182. The molecule has 1 N–H and O–H groups in total. The topological polar surface area (TPSA) is 55.4 Å². The summed E-state index contributed by atoms with van der Waals surface area (Å²) in [4.78, 5) is 26.1. The van der Waals surface area contributed by atoms with Gasteiger partial charge in [-0.1, -0.05) is 35.9 Å². The molecule has 3 rings (SSSR count). The van der Waals surface area contributed by atoms with E-state index in [2.05, 4.69) is 5.32 Å². The van der Waals surface area contributed by atoms with Crippen molar-refractivity contribution in [2.75, 3.05) is 11.9 Å². The Morgan fingerprint density at radius 1 is 1.10 bits per heavy atom. The Balaban J connectivity index is 1.94. The second kappa shape index (κ2) is 9.20. The van der Waals surface area contributed by atoms with E-state index in [0.29, 0.717) is 26.7 Å². The Labute approximate surface area is 177 Å². The van der Waals surface area contributed by atoms with Crippen LogP contribution in [0, 0.1) is 12.7 Å². The number of halogens is 2. The van der Waals surface area contributed by atoms with Crippen molar-refractivity contribution in [3.8, 4) is 11.1 Å². The number of carbonyl (C=O) groups excluding carboxylic acids is 2. The van der Waals surface area contributed by atoms with Crippen LogP contribution >= 0.6 is 22.9 Å². The number of amides is 1. The molecule has 0 saturated carbocycles. The summed E-state index contributed by atoms with van der Waals surface area (Å²) >= 11 is 7.29. The second-order valence-corrected chi connectivity index (χ2v) is 7.98. The van der Waals surface area contributed by atoms with Crippen LogP contribution in [0.15, 0.2) is 48.5 Å². The highest BCUT2D eigenvalue weighted by atomic mass is 35.5. The molecular formula is C22H19ClFNO3S. The number of benzene rings is 2. The van der Waals surface area contributed by atoms with Crippen LogP contribution in [-0.2, 0) is 16.0 Å². The molecule has 0 spiro atoms. The lowest BCUT2D eigenvalue weighted by atomic mass is 10.0. The van der Waals surface area contributed by atoms with Gasteiger partial charge in [-0.25, -0.2) is 9.18 Å². The zero-order valence-electron chi connectivity index (χ0n) is 15.9. The summed E-state index contributed by atoms with van der Waals surface area (Å²) in [5.41, 5.74) is 2.52. The van der Waals surface area contributed by atoms with Crippen molar-refractivity contribution in [1.82, 2.24) is 0 Å². The van der Waals surface area contributed by atoms with Gasteiger partial charge in [-0.05, 0) is 49.2 Å². The molecule has 1 aromatic heterocycles. The van der Waals surface area contributed by atoms with Crippen molar-refractivity contribution < 1.29 is 18.7 Å². The molecule has 29 heavy (non-hydrogen) atoms. The Bertz CT molecular complexity index is 1030. The van der Waals surface area contributed by atoms with Crippen molar-refractivity contribution in [3.05, 3.63) is 75.4 Å². The van der Waals surface area contributed by atoms with Crippen LogP contribution in [0.1, 0.15) is 27.7 Å². The first kappa shape index (κ1) is 21.0. The van der Waals surface area contributed by atoms with Gasteiger partial charge in [0.05, 0.1) is 13.0 Å². The molecule has 0 radical (unpaired) electrons. The minimum Gasteiger partial charge on any atom is -0.462 e. The van der Waals surface area contributed by atoms with E-state index in [-0.39, 0.29) is 24.8 Å². The lowest BCUT2D eigenvalue weighted by Crippen LogP contribution is -2.16. The first-order valence-corrected chi connectivity index (χ1v) is 10.2. The van der Waals surface area contributed by atoms with E-state index >= 15 is 0 Å². The standard InChI is InChI=1S/C22H19ClFNO3S/c1-3-28-22(27)20-19(15-6-8-16(23)9-7-15)13(2)29-21(20)25-18(26)12-14-4-10-17(24)11-5-14/h4-11H,3,12H2,1-2H3,(H,25,26). The first-order chi connectivity index (χ1) is 13.9. The van der Waals surface area contributed by atoms with Crippen LogP contribution < -0.4 is 5.32 Å². The second-order valence-electron chi connectivity index (χ2n) is 6.32. The Hall–Kier alpha value is -2.70. The van der Waals surface area contributed by atoms with Gasteiger partial charge in [0.15, 0.2) is 0 Å². The molecule has 1 heterocycles. The van der Waals surface area contributed by atoms with E-state index in [4.69, 9.17) is 16.3 Å². The summed E-state index contributed by atoms with van der Waals surface area (Å²) in [7, 11) is 0. The quantitative estimate of drug-likeness (QED) is 0.496. The maximum absolute atomic E-state index is 13.1. The van der Waals surface area contributed by atoms with Crippen molar-refractivity contribution in [1.29, 1.82) is 0 Å². The van der Waals surface area contributed by atoms with Gasteiger partial charge in [-0.2, -0.15) is 0 Å². The highest BCUT2D eigenvalue weighted by molar-refractivity contribution is 7.17. The van der Waals surface area contributed by atoms with Crippen LogP contribution in [0.3, 0.4) is 0 Å². The summed E-state index contributed by atoms with van der Waals surface area (Å²) in [5.74, 6) is -1.16. The molecule has 0 aliphatic heterocycles. The van der Waals surface area contributed by atoms with Crippen molar-refractivity contribution in [2.24, 2.45) is 0 Å². The summed E-state index contributed by atoms with van der Waals surface area (Å²) in [6.07, 6.45) is 0.0652. The minimum atomic E-state index is -0.501. The zero-order chi connectivity index (χ0) is 21.0. The lowest BCUT2D eigenvalue weighted by molar-refractivity contribution is -0.115. The maximum atomic E-state index is 13.1. The number of anilines is 1. The number of carbonyl (C=O) groups is 2. The highest BCUT2D eigenvalue weighted by Crippen LogP contribution is 2.40. The minimum absolute atomic E-state index is 0.0652. The molecule has 2 aromatic carbocycles. The molecule has 150 valence electrons. The van der Waals surface area contributed by atoms with Gasteiger partial charge in [0.2, 0.25) is 5.91 Å². The van der Waals surface area contributed by atoms with Gasteiger partial charge in [0.25, 0.3) is 0 Å². The van der Waals surface area contributed by atoms with Crippen molar-refractivity contribution in [2.45, 2.75) is 20.3 Å². The molecule has 0 aliphatic carbocycles. The van der Waals surface area contributed by atoms with E-state index in [1.165, 1.54) is 23.5 Å². The number of rotatable bonds is 6. The van der Waals surface area contributed by atoms with Crippen LogP contribution in [-0.4, -0.2) is 18.5 Å². The Morgan fingerprint density at radius 2 is 1.76 bits per heavy atom. The molecule has 0 saturated heterocycles. The van der Waals surface area contributed by atoms with Gasteiger partial charge in [0, 0.05) is 15.5 Å². The number of hydrogen-bond donors (Lipinski definition) is 1. The number of aryl methyl sites for hydroxylation is 1. The highest BCUT2D eigenvalue weighted by Gasteiger charge is 2.25. The third-order valence-corrected chi connectivity index (χ3v) is 5.50. The number of nitrogens with one attached hydrogen (secondary N) is 1. The van der Waals surface area contributed by atoms with Crippen LogP contribution in [0.5, 0.6) is 0 Å². The summed E-state index contributed by atoms with van der Waals surface area (Å²) in [6.45, 7) is 3.83. The third-order valence-electron chi connectivity index (χ3n) is 4.23. The molecular weight excluding hydrogens is 413 g/mol. The molecule has 7 heteroatoms. The predicted molar refractivity (Wildman–Crippen MR) is 114 cm³/mol. The average molecular weight is 432 g/mol. The van der Waals surface area contributed by atoms with Gasteiger partial charge < -0.3 is 10.1 Å². The van der Waals surface area contributed by atoms with E-state index < -0.39 is 5.97 Å². The lowest BCUT2D eigenvalue weighted by Gasteiger charge is -2.09. The monoisotopic (exact) mass is 431 g/mol. The largest absolute Gasteiger partial charge is 0.462 e. The SMILES string of the molecule is CCOC(=O)c1c(NC(=O)Cc2ccc(F)cc2)sc(C)c1-c1ccc(Cl)cc1. The normalized spacial score (nSPS) is 10.6. The molecule has 0 aliphatic rings. The fourth-order valence-electron chi connectivity index (χ4n) is 2.95. The van der Waals surface area contributed by atoms with Gasteiger partial charge in [-0.3, -0.25) is 4.79 Å². The first-order valence-electron chi connectivity index (χ1n) is 8.99. The van der Waals surface area contributed by atoms with Crippen molar-refractivity contribution >= 4 is 39.8 Å². The number of hydrogen-bond acceptors (Lipinski definition) is 4. The number of esters is 1. The predicted octanol–water partition coefficient (Wildman–Crippen LogP) is 5.87. The average Bonchev–Trinajstić information content (AvgIpc) is 3.00. The Kier molecular flexibility index (Phi) is 6.67. The number of thiophene rings is 1. The fourth-order valence-corrected chi connectivity index (χ4v) is 4.16. The van der Waals surface area contributed by atoms with Gasteiger partial charge in [-0.15, -0.1) is 11.3 Å². The van der Waals surface area contributed by atoms with Crippen LogP contribution in [0.4, 0.5) is 9.39 Å². The van der Waals surface area contributed by atoms with Gasteiger partial charge >= 0.3 is 5.97 Å². The summed E-state index contributed by atoms with van der Waals surface area (Å²) in [5, 5.41) is 3.83. The molecule has 1 amide bonds. The Morgan fingerprint density at radius 3 is 2.38 bits per heavy atom. The van der Waals surface area contributed by atoms with E-state index in [1.807, 2.05) is 19.1 Å². The summed E-state index contributed by atoms with van der Waals surface area (Å²) in [6, 6.07) is 12.9. The maximum Gasteiger partial charge on any atom is 0.341 e. The van der Waals surface area contributed by atoms with E-state index in [1.54, 1.807) is 31.2 Å². The molecule has 0 fully saturated rings. The van der Waals surface area contributed by atoms with Crippen LogP contribution in [0.25, 0.3) is 11.1 Å². The van der Waals surface area contributed by atoms with Crippen LogP contribution in [0.2, 0.25) is 5.02 Å². The molecule has 0 bridgehead atoms. The smallest absolute Gasteiger partial charge is 0.341 e. The number of ether oxygens (including phenoxy) is 1. The van der Waals surface area contributed by atoms with E-state index in [0.717, 1.165) is 10.4 Å². The zero-order valence-corrected chi connectivity index (χ0v) is 17.5. The van der Waals surface area contributed by atoms with E-state index in [9.17, 15) is 14.0 Å². The summed E-state index contributed by atoms with van der Waals surface area (Å²) < 4.78 is 18.3. The van der Waals surface area contributed by atoms with Crippen molar-refractivity contribution in [3.63, 3.8) is 0 Å². The molecule has 4 nitrogen and oxygen atoms in total. The third kappa shape index (κ3) is 5.02. The molecule has 0 unspecified atom stereocenters.